The number of anilines is 1. The quantitative estimate of drug-likeness (QED) is 0.611. The number of hydrogen-bond donors (Lipinski definition) is 1. The Morgan fingerprint density at radius 2 is 1.90 bits per heavy atom. The van der Waals surface area contributed by atoms with E-state index in [9.17, 15) is 13.2 Å². The van der Waals surface area contributed by atoms with Crippen LogP contribution in [0.4, 0.5) is 5.69 Å². The molecular weight excluding hydrogens is 471 g/mol. The minimum Gasteiger partial charge on any atom is -0.492 e. The molecule has 1 aliphatic heterocycles. The molecule has 1 amide bonds. The molecule has 162 valence electrons. The van der Waals surface area contributed by atoms with Crippen molar-refractivity contribution in [3.63, 3.8) is 0 Å². The third-order valence-electron chi connectivity index (χ3n) is 4.78. The summed E-state index contributed by atoms with van der Waals surface area (Å²) in [5.74, 6) is -0.324. The fourth-order valence-corrected chi connectivity index (χ4v) is 5.41. The van der Waals surface area contributed by atoms with Crippen molar-refractivity contribution in [2.24, 2.45) is 5.92 Å². The molecule has 1 fully saturated rings. The number of hydrogen-bond acceptors (Lipinski definition) is 4. The topological polar surface area (TPSA) is 75.7 Å². The Kier molecular flexibility index (Phi) is 7.52. The average Bonchev–Trinajstić information content (AvgIpc) is 2.72. The van der Waals surface area contributed by atoms with Gasteiger partial charge < -0.3 is 10.1 Å². The number of rotatable bonds is 6. The normalized spacial score (nSPS) is 17.5. The molecule has 1 atom stereocenters. The summed E-state index contributed by atoms with van der Waals surface area (Å²) < 4.78 is 32.8. The average molecular weight is 492 g/mol. The standard InChI is InChI=1S/C20H21Cl3N2O4S/c1-2-29-19-8-6-15(11-18(19)23)30(27,28)25-9-3-4-13(12-25)20(26)24-14-5-7-16(21)17(22)10-14/h5-8,10-11,13H,2-4,9,12H2,1H3,(H,24,26)/t13-/m0/s1. The number of carbonyl (C=O) groups excluding carboxylic acids is 1. The second-order valence-electron chi connectivity index (χ2n) is 6.85. The summed E-state index contributed by atoms with van der Waals surface area (Å²) >= 11 is 18.0. The molecule has 0 aliphatic carbocycles. The Bertz CT molecular complexity index is 1050. The number of sulfonamides is 1. The molecule has 1 N–H and O–H groups in total. The lowest BCUT2D eigenvalue weighted by molar-refractivity contribution is -0.120. The molecule has 0 unspecified atom stereocenters. The smallest absolute Gasteiger partial charge is 0.243 e. The summed E-state index contributed by atoms with van der Waals surface area (Å²) in [5.41, 5.74) is 0.507. The summed E-state index contributed by atoms with van der Waals surface area (Å²) in [7, 11) is -3.79. The molecule has 1 heterocycles. The Morgan fingerprint density at radius 3 is 2.57 bits per heavy atom. The number of carbonyl (C=O) groups is 1. The Balaban J connectivity index is 1.73. The first-order valence-electron chi connectivity index (χ1n) is 9.40. The van der Waals surface area contributed by atoms with E-state index in [1.807, 2.05) is 6.92 Å². The van der Waals surface area contributed by atoms with Crippen molar-refractivity contribution >= 4 is 56.4 Å². The second-order valence-corrected chi connectivity index (χ2v) is 10.0. The van der Waals surface area contributed by atoms with Gasteiger partial charge in [0.1, 0.15) is 5.75 Å². The fraction of sp³-hybridized carbons (Fsp3) is 0.350. The summed E-state index contributed by atoms with van der Waals surface area (Å²) in [6, 6.07) is 9.17. The summed E-state index contributed by atoms with van der Waals surface area (Å²) in [5, 5.41) is 3.72. The molecule has 1 saturated heterocycles. The van der Waals surface area contributed by atoms with Gasteiger partial charge in [-0.15, -0.1) is 0 Å². The molecule has 6 nitrogen and oxygen atoms in total. The van der Waals surface area contributed by atoms with E-state index in [0.29, 0.717) is 47.5 Å². The van der Waals surface area contributed by atoms with Crippen LogP contribution < -0.4 is 10.1 Å². The maximum atomic E-state index is 13.1. The molecule has 0 radical (unpaired) electrons. The lowest BCUT2D eigenvalue weighted by Crippen LogP contribution is -2.43. The van der Waals surface area contributed by atoms with Crippen molar-refractivity contribution in [2.45, 2.75) is 24.7 Å². The van der Waals surface area contributed by atoms with Gasteiger partial charge in [-0.05, 0) is 56.2 Å². The lowest BCUT2D eigenvalue weighted by atomic mass is 9.99. The molecule has 2 aromatic rings. The van der Waals surface area contributed by atoms with Gasteiger partial charge in [0.15, 0.2) is 0 Å². The van der Waals surface area contributed by atoms with Crippen LogP contribution in [-0.2, 0) is 14.8 Å². The van der Waals surface area contributed by atoms with Crippen molar-refractivity contribution in [1.82, 2.24) is 4.31 Å². The highest BCUT2D eigenvalue weighted by molar-refractivity contribution is 7.89. The van der Waals surface area contributed by atoms with Crippen molar-refractivity contribution in [1.29, 1.82) is 0 Å². The van der Waals surface area contributed by atoms with Crippen molar-refractivity contribution < 1.29 is 17.9 Å². The van der Waals surface area contributed by atoms with E-state index in [2.05, 4.69) is 5.32 Å². The van der Waals surface area contributed by atoms with Crippen molar-refractivity contribution in [2.75, 3.05) is 25.0 Å². The largest absolute Gasteiger partial charge is 0.492 e. The number of amides is 1. The first-order chi connectivity index (χ1) is 14.2. The summed E-state index contributed by atoms with van der Waals surface area (Å²) in [6.07, 6.45) is 1.16. The molecule has 10 heteroatoms. The first kappa shape index (κ1) is 23.2. The fourth-order valence-electron chi connectivity index (χ4n) is 3.26. The van der Waals surface area contributed by atoms with Gasteiger partial charge in [0.05, 0.1) is 32.5 Å². The molecule has 0 spiro atoms. The highest BCUT2D eigenvalue weighted by atomic mass is 35.5. The molecule has 0 aromatic heterocycles. The molecule has 0 saturated carbocycles. The van der Waals surface area contributed by atoms with Crippen LogP contribution in [0.5, 0.6) is 5.75 Å². The third kappa shape index (κ3) is 5.21. The number of benzene rings is 2. The van der Waals surface area contributed by atoms with Crippen LogP contribution in [-0.4, -0.2) is 38.3 Å². The van der Waals surface area contributed by atoms with Gasteiger partial charge in [-0.25, -0.2) is 8.42 Å². The molecule has 2 aromatic carbocycles. The Morgan fingerprint density at radius 1 is 1.13 bits per heavy atom. The van der Waals surface area contributed by atoms with Gasteiger partial charge in [-0.3, -0.25) is 4.79 Å². The van der Waals surface area contributed by atoms with Crippen LogP contribution in [0, 0.1) is 5.92 Å². The van der Waals surface area contributed by atoms with E-state index in [-0.39, 0.29) is 22.4 Å². The first-order valence-corrected chi connectivity index (χ1v) is 12.0. The Hall–Kier alpha value is -1.51. The van der Waals surface area contributed by atoms with E-state index in [4.69, 9.17) is 39.5 Å². The monoisotopic (exact) mass is 490 g/mol. The molecule has 1 aliphatic rings. The molecule has 3 rings (SSSR count). The molecule has 0 bridgehead atoms. The molecular formula is C20H21Cl3N2O4S. The molecule has 30 heavy (non-hydrogen) atoms. The van der Waals surface area contributed by atoms with Gasteiger partial charge in [0, 0.05) is 18.8 Å². The number of nitrogens with one attached hydrogen (secondary N) is 1. The highest BCUT2D eigenvalue weighted by Crippen LogP contribution is 2.31. The van der Waals surface area contributed by atoms with Crippen LogP contribution in [0.3, 0.4) is 0 Å². The van der Waals surface area contributed by atoms with Crippen LogP contribution in [0.25, 0.3) is 0 Å². The zero-order valence-electron chi connectivity index (χ0n) is 16.2. The van der Waals surface area contributed by atoms with Crippen LogP contribution >= 0.6 is 34.8 Å². The van der Waals surface area contributed by atoms with E-state index in [0.717, 1.165) is 0 Å². The number of ether oxygens (including phenoxy) is 1. The minimum absolute atomic E-state index is 0.0708. The predicted octanol–water partition coefficient (Wildman–Crippen LogP) is 5.08. The minimum atomic E-state index is -3.79. The zero-order chi connectivity index (χ0) is 21.9. The highest BCUT2D eigenvalue weighted by Gasteiger charge is 2.33. The number of piperidine rings is 1. The van der Waals surface area contributed by atoms with Gasteiger partial charge in [0.2, 0.25) is 15.9 Å². The van der Waals surface area contributed by atoms with Crippen LogP contribution in [0.2, 0.25) is 15.1 Å². The van der Waals surface area contributed by atoms with Gasteiger partial charge in [0.25, 0.3) is 0 Å². The summed E-state index contributed by atoms with van der Waals surface area (Å²) in [6.45, 7) is 2.66. The second kappa shape index (κ2) is 9.75. The van der Waals surface area contributed by atoms with Gasteiger partial charge in [-0.1, -0.05) is 34.8 Å². The van der Waals surface area contributed by atoms with Gasteiger partial charge in [-0.2, -0.15) is 4.31 Å². The SMILES string of the molecule is CCOc1ccc(S(=O)(=O)N2CCC[C@H](C(=O)Nc3ccc(Cl)c(Cl)c3)C2)cc1Cl. The third-order valence-corrected chi connectivity index (χ3v) is 7.68. The van der Waals surface area contributed by atoms with Crippen molar-refractivity contribution in [3.8, 4) is 5.75 Å². The van der Waals surface area contributed by atoms with E-state index < -0.39 is 15.9 Å². The van der Waals surface area contributed by atoms with Crippen LogP contribution in [0.1, 0.15) is 19.8 Å². The van der Waals surface area contributed by atoms with Crippen molar-refractivity contribution in [3.05, 3.63) is 51.5 Å². The number of halogens is 3. The Labute approximate surface area is 191 Å². The maximum absolute atomic E-state index is 13.1. The van der Waals surface area contributed by atoms with Gasteiger partial charge >= 0.3 is 0 Å². The predicted molar refractivity (Wildman–Crippen MR) is 119 cm³/mol. The van der Waals surface area contributed by atoms with E-state index in [1.165, 1.54) is 22.5 Å². The summed E-state index contributed by atoms with van der Waals surface area (Å²) in [4.78, 5) is 12.8. The number of nitrogens with zero attached hydrogens (tertiary/aromatic N) is 1. The maximum Gasteiger partial charge on any atom is 0.243 e. The van der Waals surface area contributed by atoms with E-state index in [1.54, 1.807) is 18.2 Å². The zero-order valence-corrected chi connectivity index (χ0v) is 19.3. The lowest BCUT2D eigenvalue weighted by Gasteiger charge is -2.31. The van der Waals surface area contributed by atoms with E-state index >= 15 is 0 Å². The van der Waals surface area contributed by atoms with Crippen LogP contribution in [0.15, 0.2) is 41.3 Å².